The lowest BCUT2D eigenvalue weighted by Gasteiger charge is -2.35. The monoisotopic (exact) mass is 499 g/mol. The second kappa shape index (κ2) is 8.57. The number of piperazine rings is 1. The van der Waals surface area contributed by atoms with Crippen molar-refractivity contribution < 1.29 is 13.2 Å². The molecule has 27 heavy (non-hydrogen) atoms. The van der Waals surface area contributed by atoms with E-state index in [0.717, 1.165) is 9.26 Å². The summed E-state index contributed by atoms with van der Waals surface area (Å²) in [4.78, 5) is 14.3. The molecule has 1 heterocycles. The van der Waals surface area contributed by atoms with Gasteiger partial charge < -0.3 is 10.2 Å². The van der Waals surface area contributed by atoms with E-state index >= 15 is 0 Å². The van der Waals surface area contributed by atoms with Crippen LogP contribution >= 0.6 is 22.6 Å². The van der Waals surface area contributed by atoms with Crippen molar-refractivity contribution >= 4 is 49.9 Å². The Balaban J connectivity index is 1.57. The van der Waals surface area contributed by atoms with E-state index in [9.17, 15) is 13.2 Å². The van der Waals surface area contributed by atoms with Crippen LogP contribution < -0.4 is 10.2 Å². The molecule has 0 unspecified atom stereocenters. The van der Waals surface area contributed by atoms with Gasteiger partial charge in [0.05, 0.1) is 0 Å². The van der Waals surface area contributed by atoms with Crippen molar-refractivity contribution in [2.24, 2.45) is 0 Å². The molecule has 0 aliphatic carbocycles. The van der Waals surface area contributed by atoms with Gasteiger partial charge in [0.15, 0.2) is 0 Å². The lowest BCUT2D eigenvalue weighted by atomic mass is 10.2. The number of nitrogens with one attached hydrogen (secondary N) is 1. The quantitative estimate of drug-likeness (QED) is 0.643. The normalized spacial score (nSPS) is 15.6. The molecule has 2 aromatic carbocycles. The number of carbonyl (C=O) groups excluding carboxylic acids is 1. The van der Waals surface area contributed by atoms with E-state index in [-0.39, 0.29) is 0 Å². The van der Waals surface area contributed by atoms with Gasteiger partial charge in [0.25, 0.3) is 0 Å². The van der Waals surface area contributed by atoms with Gasteiger partial charge in [0, 0.05) is 41.1 Å². The first-order valence-electron chi connectivity index (χ1n) is 8.68. The number of anilines is 2. The van der Waals surface area contributed by atoms with Gasteiger partial charge >= 0.3 is 0 Å². The first-order valence-corrected chi connectivity index (χ1v) is 11.4. The summed E-state index contributed by atoms with van der Waals surface area (Å²) in [6, 6.07) is 15.4. The second-order valence-corrected chi connectivity index (χ2v) is 9.75. The fraction of sp³-hybridized carbons (Fsp3) is 0.316. The Morgan fingerprint density at radius 2 is 1.78 bits per heavy atom. The van der Waals surface area contributed by atoms with Crippen LogP contribution in [-0.2, 0) is 14.8 Å². The van der Waals surface area contributed by atoms with Crippen LogP contribution in [-0.4, -0.2) is 50.6 Å². The summed E-state index contributed by atoms with van der Waals surface area (Å²) in [7, 11) is -3.63. The van der Waals surface area contributed by atoms with E-state index in [1.54, 1.807) is 12.1 Å². The molecule has 0 aromatic heterocycles. The van der Waals surface area contributed by atoms with Gasteiger partial charge in [-0.15, -0.1) is 0 Å². The van der Waals surface area contributed by atoms with E-state index in [4.69, 9.17) is 0 Å². The number of benzene rings is 2. The molecular formula is C19H22IN3O3S. The third-order valence-corrected chi connectivity index (χ3v) is 6.87. The summed E-state index contributed by atoms with van der Waals surface area (Å²) < 4.78 is 27.6. The summed E-state index contributed by atoms with van der Waals surface area (Å²) in [6.07, 6.45) is 0. The Morgan fingerprint density at radius 3 is 2.44 bits per heavy atom. The molecule has 1 amide bonds. The number of amides is 1. The Labute approximate surface area is 173 Å². The standard InChI is InChI=1S/C19H22IN3O3S/c1-15-4-2-7-18(12-15)22-8-10-23(11-9-22)27(25,26)14-19(24)21-17-6-3-5-16(20)13-17/h2-7,12-13H,8-11,14H2,1H3,(H,21,24). The number of halogens is 1. The second-order valence-electron chi connectivity index (χ2n) is 6.54. The molecular weight excluding hydrogens is 477 g/mol. The van der Waals surface area contributed by atoms with Gasteiger partial charge in [-0.25, -0.2) is 8.42 Å². The molecule has 144 valence electrons. The van der Waals surface area contributed by atoms with Crippen LogP contribution in [0.25, 0.3) is 0 Å². The first kappa shape index (κ1) is 20.1. The minimum absolute atomic E-state index is 0.382. The largest absolute Gasteiger partial charge is 0.369 e. The van der Waals surface area contributed by atoms with Crippen molar-refractivity contribution in [3.8, 4) is 0 Å². The fourth-order valence-electron chi connectivity index (χ4n) is 3.07. The minimum atomic E-state index is -3.63. The van der Waals surface area contributed by atoms with Crippen molar-refractivity contribution in [2.45, 2.75) is 6.92 Å². The van der Waals surface area contributed by atoms with Crippen LogP contribution in [0.1, 0.15) is 5.56 Å². The topological polar surface area (TPSA) is 69.7 Å². The van der Waals surface area contributed by atoms with Gasteiger partial charge in [0.2, 0.25) is 15.9 Å². The van der Waals surface area contributed by atoms with Gasteiger partial charge in [-0.2, -0.15) is 4.31 Å². The first-order chi connectivity index (χ1) is 12.8. The van der Waals surface area contributed by atoms with E-state index < -0.39 is 21.7 Å². The highest BCUT2D eigenvalue weighted by atomic mass is 127. The van der Waals surface area contributed by atoms with Crippen LogP contribution in [0.3, 0.4) is 0 Å². The molecule has 1 N–H and O–H groups in total. The van der Waals surface area contributed by atoms with E-state index in [0.29, 0.717) is 31.9 Å². The molecule has 3 rings (SSSR count). The van der Waals surface area contributed by atoms with Gasteiger partial charge in [-0.1, -0.05) is 18.2 Å². The van der Waals surface area contributed by atoms with Gasteiger partial charge in [-0.3, -0.25) is 4.79 Å². The highest BCUT2D eigenvalue weighted by molar-refractivity contribution is 14.1. The maximum atomic E-state index is 12.6. The van der Waals surface area contributed by atoms with Crippen molar-refractivity contribution in [3.63, 3.8) is 0 Å². The van der Waals surface area contributed by atoms with Gasteiger partial charge in [0.1, 0.15) is 5.75 Å². The summed E-state index contributed by atoms with van der Waals surface area (Å²) in [5.74, 6) is -1.05. The Morgan fingerprint density at radius 1 is 1.07 bits per heavy atom. The molecule has 6 nitrogen and oxygen atoms in total. The lowest BCUT2D eigenvalue weighted by molar-refractivity contribution is -0.113. The predicted molar refractivity (Wildman–Crippen MR) is 117 cm³/mol. The lowest BCUT2D eigenvalue weighted by Crippen LogP contribution is -2.50. The summed E-state index contributed by atoms with van der Waals surface area (Å²) in [5, 5.41) is 2.66. The molecule has 1 fully saturated rings. The molecule has 1 saturated heterocycles. The Bertz CT molecular complexity index is 925. The average Bonchev–Trinajstić information content (AvgIpc) is 2.61. The smallest absolute Gasteiger partial charge is 0.241 e. The zero-order chi connectivity index (χ0) is 19.4. The van der Waals surface area contributed by atoms with Crippen LogP contribution in [0.5, 0.6) is 0 Å². The van der Waals surface area contributed by atoms with Crippen LogP contribution in [0.2, 0.25) is 0 Å². The maximum absolute atomic E-state index is 12.6. The number of hydrogen-bond donors (Lipinski definition) is 1. The van der Waals surface area contributed by atoms with E-state index in [1.165, 1.54) is 9.87 Å². The van der Waals surface area contributed by atoms with Crippen molar-refractivity contribution in [1.29, 1.82) is 0 Å². The maximum Gasteiger partial charge on any atom is 0.241 e. The fourth-order valence-corrected chi connectivity index (χ4v) is 4.92. The van der Waals surface area contributed by atoms with Crippen LogP contribution in [0.15, 0.2) is 48.5 Å². The Kier molecular flexibility index (Phi) is 6.38. The molecule has 0 atom stereocenters. The SMILES string of the molecule is Cc1cccc(N2CCN(S(=O)(=O)CC(=O)Nc3cccc(I)c3)CC2)c1. The van der Waals surface area contributed by atoms with Gasteiger partial charge in [-0.05, 0) is 65.4 Å². The van der Waals surface area contributed by atoms with Crippen molar-refractivity contribution in [2.75, 3.05) is 42.1 Å². The number of aryl methyl sites for hydroxylation is 1. The predicted octanol–water partition coefficient (Wildman–Crippen LogP) is 2.69. The number of carbonyl (C=O) groups is 1. The molecule has 0 saturated carbocycles. The van der Waals surface area contributed by atoms with Crippen molar-refractivity contribution in [3.05, 3.63) is 57.7 Å². The number of hydrogen-bond acceptors (Lipinski definition) is 4. The summed E-state index contributed by atoms with van der Waals surface area (Å²) in [5.41, 5.74) is 2.88. The molecule has 1 aliphatic rings. The number of rotatable bonds is 5. The third kappa shape index (κ3) is 5.43. The minimum Gasteiger partial charge on any atom is -0.369 e. The average molecular weight is 499 g/mol. The highest BCUT2D eigenvalue weighted by Gasteiger charge is 2.29. The molecule has 8 heteroatoms. The molecule has 1 aliphatic heterocycles. The summed E-state index contributed by atoms with van der Waals surface area (Å²) in [6.45, 7) is 4.03. The van der Waals surface area contributed by atoms with Crippen LogP contribution in [0, 0.1) is 10.5 Å². The number of sulfonamides is 1. The number of nitrogens with zero attached hydrogens (tertiary/aromatic N) is 2. The zero-order valence-electron chi connectivity index (χ0n) is 15.1. The van der Waals surface area contributed by atoms with Crippen molar-refractivity contribution in [1.82, 2.24) is 4.31 Å². The zero-order valence-corrected chi connectivity index (χ0v) is 18.0. The Hall–Kier alpha value is -1.65. The van der Waals surface area contributed by atoms with E-state index in [1.807, 2.05) is 37.3 Å². The van der Waals surface area contributed by atoms with Crippen LogP contribution in [0.4, 0.5) is 11.4 Å². The molecule has 0 bridgehead atoms. The third-order valence-electron chi connectivity index (χ3n) is 4.42. The van der Waals surface area contributed by atoms with E-state index in [2.05, 4.69) is 38.9 Å². The molecule has 0 spiro atoms. The highest BCUT2D eigenvalue weighted by Crippen LogP contribution is 2.19. The summed E-state index contributed by atoms with van der Waals surface area (Å²) >= 11 is 2.14. The molecule has 2 aromatic rings. The molecule has 0 radical (unpaired) electrons.